The molecule has 0 atom stereocenters. The molecule has 0 aromatic heterocycles. The van der Waals surface area contributed by atoms with E-state index in [0.717, 1.165) is 5.69 Å². The summed E-state index contributed by atoms with van der Waals surface area (Å²) in [7, 11) is 0. The fourth-order valence-electron chi connectivity index (χ4n) is 0.580. The van der Waals surface area contributed by atoms with Gasteiger partial charge in [0.1, 0.15) is 0 Å². The summed E-state index contributed by atoms with van der Waals surface area (Å²) >= 11 is 0.115. The standard InChI is InChI=1S/C7H8AsN/c1-8-6-2-4-7(9)5-3-6/h2-5H,1,9H2. The first-order valence-corrected chi connectivity index (χ1v) is 4.92. The molecule has 0 aliphatic heterocycles. The van der Waals surface area contributed by atoms with Crippen LogP contribution in [0.25, 0.3) is 0 Å². The molecule has 0 aliphatic carbocycles. The Morgan fingerprint density at radius 2 is 1.78 bits per heavy atom. The van der Waals surface area contributed by atoms with Crippen LogP contribution in [0.2, 0.25) is 0 Å². The van der Waals surface area contributed by atoms with Crippen LogP contribution in [0.4, 0.5) is 5.69 Å². The summed E-state index contributed by atoms with van der Waals surface area (Å²) in [5.74, 6) is 0. The van der Waals surface area contributed by atoms with Crippen LogP contribution in [-0.4, -0.2) is 20.6 Å². The molecule has 1 aromatic rings. The summed E-state index contributed by atoms with van der Waals surface area (Å²) in [5.41, 5.74) is 6.30. The zero-order chi connectivity index (χ0) is 6.69. The van der Waals surface area contributed by atoms with Crippen molar-refractivity contribution in [1.29, 1.82) is 0 Å². The van der Waals surface area contributed by atoms with Gasteiger partial charge in [-0.15, -0.1) is 0 Å². The van der Waals surface area contributed by atoms with Crippen molar-refractivity contribution in [3.63, 3.8) is 0 Å². The van der Waals surface area contributed by atoms with Gasteiger partial charge in [0.25, 0.3) is 0 Å². The Morgan fingerprint density at radius 1 is 1.22 bits per heavy atom. The molecule has 0 heterocycles. The second-order valence-electron chi connectivity index (χ2n) is 1.75. The molecule has 0 aliphatic rings. The van der Waals surface area contributed by atoms with Crippen molar-refractivity contribution in [1.82, 2.24) is 0 Å². The van der Waals surface area contributed by atoms with E-state index in [0.29, 0.717) is 0 Å². The Hall–Kier alpha value is -0.552. The molecule has 0 unspecified atom stereocenters. The van der Waals surface area contributed by atoms with Crippen LogP contribution in [0.5, 0.6) is 0 Å². The van der Waals surface area contributed by atoms with E-state index in [1.807, 2.05) is 24.3 Å². The van der Waals surface area contributed by atoms with Crippen molar-refractivity contribution in [2.45, 2.75) is 0 Å². The first kappa shape index (κ1) is 6.57. The van der Waals surface area contributed by atoms with Gasteiger partial charge in [0.15, 0.2) is 0 Å². The monoisotopic (exact) mass is 181 g/mol. The minimum atomic E-state index is 0.115. The van der Waals surface area contributed by atoms with Crippen LogP contribution in [0.15, 0.2) is 24.3 Å². The van der Waals surface area contributed by atoms with Crippen molar-refractivity contribution >= 4 is 30.7 Å². The summed E-state index contributed by atoms with van der Waals surface area (Å²) in [5, 5.41) is 3.84. The number of anilines is 1. The van der Waals surface area contributed by atoms with Crippen LogP contribution in [0, 0.1) is 0 Å². The molecule has 46 valence electrons. The molecule has 9 heavy (non-hydrogen) atoms. The van der Waals surface area contributed by atoms with Gasteiger partial charge in [-0.25, -0.2) is 0 Å². The fraction of sp³-hybridized carbons (Fsp3) is 0. The molecule has 0 spiro atoms. The summed E-state index contributed by atoms with van der Waals surface area (Å²) in [4.78, 5) is 0. The number of hydrogen-bond donors (Lipinski definition) is 1. The molecule has 2 heteroatoms. The van der Waals surface area contributed by atoms with E-state index in [1.165, 1.54) is 4.35 Å². The van der Waals surface area contributed by atoms with Crippen LogP contribution < -0.4 is 10.1 Å². The minimum absolute atomic E-state index is 0.115. The maximum atomic E-state index is 5.47. The molecular formula is C7H8AsN. The van der Waals surface area contributed by atoms with Crippen molar-refractivity contribution in [2.24, 2.45) is 0 Å². The zero-order valence-corrected chi connectivity index (χ0v) is 6.92. The SMILES string of the molecule is C=[As]c1ccc(N)cc1. The molecule has 0 bridgehead atoms. The number of nitrogens with two attached hydrogens (primary N) is 1. The second-order valence-corrected chi connectivity index (χ2v) is 3.50. The summed E-state index contributed by atoms with van der Waals surface area (Å²) < 4.78 is 1.32. The Kier molecular flexibility index (Phi) is 2.07. The van der Waals surface area contributed by atoms with Gasteiger partial charge in [-0.05, 0) is 0 Å². The van der Waals surface area contributed by atoms with Crippen molar-refractivity contribution in [3.8, 4) is 0 Å². The summed E-state index contributed by atoms with van der Waals surface area (Å²) in [6, 6.07) is 7.89. The van der Waals surface area contributed by atoms with Gasteiger partial charge in [0, 0.05) is 0 Å². The molecular weight excluding hydrogens is 173 g/mol. The summed E-state index contributed by atoms with van der Waals surface area (Å²) in [6.07, 6.45) is 0. The van der Waals surface area contributed by atoms with Gasteiger partial charge in [0.05, 0.1) is 0 Å². The number of nitrogen functional groups attached to an aromatic ring is 1. The van der Waals surface area contributed by atoms with E-state index in [1.54, 1.807) is 0 Å². The topological polar surface area (TPSA) is 26.0 Å². The molecule has 0 radical (unpaired) electrons. The van der Waals surface area contributed by atoms with E-state index in [-0.39, 0.29) is 15.3 Å². The molecule has 0 fully saturated rings. The first-order valence-electron chi connectivity index (χ1n) is 2.65. The van der Waals surface area contributed by atoms with Gasteiger partial charge in [0.2, 0.25) is 0 Å². The van der Waals surface area contributed by atoms with Crippen LogP contribution >= 0.6 is 0 Å². The molecule has 0 saturated carbocycles. The van der Waals surface area contributed by atoms with Gasteiger partial charge in [-0.3, -0.25) is 0 Å². The predicted molar refractivity (Wildman–Crippen MR) is 43.4 cm³/mol. The van der Waals surface area contributed by atoms with Gasteiger partial charge < -0.3 is 0 Å². The molecule has 0 saturated heterocycles. The maximum absolute atomic E-state index is 5.47. The van der Waals surface area contributed by atoms with Gasteiger partial charge >= 0.3 is 60.7 Å². The third-order valence-electron chi connectivity index (χ3n) is 1.08. The van der Waals surface area contributed by atoms with Gasteiger partial charge in [-0.2, -0.15) is 0 Å². The Labute approximate surface area is 61.1 Å². The Morgan fingerprint density at radius 3 is 2.22 bits per heavy atom. The number of hydrogen-bond acceptors (Lipinski definition) is 1. The van der Waals surface area contributed by atoms with Crippen LogP contribution in [0.3, 0.4) is 0 Å². The van der Waals surface area contributed by atoms with E-state index >= 15 is 0 Å². The first-order chi connectivity index (χ1) is 4.33. The van der Waals surface area contributed by atoms with Crippen LogP contribution in [0.1, 0.15) is 0 Å². The second kappa shape index (κ2) is 2.84. The normalized spacial score (nSPS) is 9.78. The average molecular weight is 181 g/mol. The molecule has 1 nitrogen and oxygen atoms in total. The molecule has 2 N–H and O–H groups in total. The molecule has 0 amide bonds. The Bertz CT molecular complexity index is 203. The predicted octanol–water partition coefficient (Wildman–Crippen LogP) is 0.0303. The van der Waals surface area contributed by atoms with Crippen molar-refractivity contribution in [2.75, 3.05) is 5.73 Å². The third-order valence-corrected chi connectivity index (χ3v) is 2.47. The Balaban J connectivity index is 3.01. The van der Waals surface area contributed by atoms with Crippen molar-refractivity contribution < 1.29 is 0 Å². The molecule has 1 aromatic carbocycles. The number of benzene rings is 1. The van der Waals surface area contributed by atoms with E-state index in [2.05, 4.69) is 5.31 Å². The summed E-state index contributed by atoms with van der Waals surface area (Å²) in [6.45, 7) is 0. The van der Waals surface area contributed by atoms with Gasteiger partial charge in [-0.1, -0.05) is 0 Å². The molecule has 1 rings (SSSR count). The van der Waals surface area contributed by atoms with E-state index < -0.39 is 0 Å². The average Bonchev–Trinajstić information content (AvgIpc) is 1.90. The van der Waals surface area contributed by atoms with E-state index in [4.69, 9.17) is 5.73 Å². The zero-order valence-electron chi connectivity index (χ0n) is 5.04. The fourth-order valence-corrected chi connectivity index (χ4v) is 1.33. The van der Waals surface area contributed by atoms with E-state index in [9.17, 15) is 0 Å². The van der Waals surface area contributed by atoms with Crippen LogP contribution in [-0.2, 0) is 0 Å². The van der Waals surface area contributed by atoms with Crippen molar-refractivity contribution in [3.05, 3.63) is 24.3 Å². The quantitative estimate of drug-likeness (QED) is 0.480. The third kappa shape index (κ3) is 1.69. The number of rotatable bonds is 1.